The molecule has 4 nitrogen and oxygen atoms in total. The first-order chi connectivity index (χ1) is 13.4. The van der Waals surface area contributed by atoms with Crippen LogP contribution >= 0.6 is 0 Å². The van der Waals surface area contributed by atoms with Gasteiger partial charge in [-0.15, -0.1) is 0 Å². The average molecular weight is 393 g/mol. The minimum Gasteiger partial charge on any atom is -0.340 e. The van der Waals surface area contributed by atoms with Crippen molar-refractivity contribution in [1.82, 2.24) is 4.90 Å². The van der Waals surface area contributed by atoms with Crippen LogP contribution in [0.1, 0.15) is 5.56 Å². The quantitative estimate of drug-likeness (QED) is 0.665. The summed E-state index contributed by atoms with van der Waals surface area (Å²) in [6.45, 7) is 2.81. The molecule has 28 heavy (non-hydrogen) atoms. The number of hydrogen-bond donors (Lipinski definition) is 0. The molecule has 144 valence electrons. The van der Waals surface area contributed by atoms with E-state index in [1.54, 1.807) is 12.1 Å². The van der Waals surface area contributed by atoms with Crippen molar-refractivity contribution < 1.29 is 8.42 Å². The van der Waals surface area contributed by atoms with E-state index in [1.807, 2.05) is 18.2 Å². The molecule has 1 heterocycles. The largest absolute Gasteiger partial charge is 0.340 e. The second kappa shape index (κ2) is 7.41. The Labute approximate surface area is 167 Å². The summed E-state index contributed by atoms with van der Waals surface area (Å²) in [5.74, 6) is 0. The van der Waals surface area contributed by atoms with Gasteiger partial charge < -0.3 is 9.80 Å². The van der Waals surface area contributed by atoms with Crippen LogP contribution in [0.2, 0.25) is 0 Å². The first kappa shape index (κ1) is 18.7. The van der Waals surface area contributed by atoms with E-state index in [2.05, 4.69) is 59.3 Å². The van der Waals surface area contributed by atoms with Gasteiger partial charge in [-0.25, -0.2) is 8.42 Å². The van der Waals surface area contributed by atoms with E-state index in [9.17, 15) is 8.42 Å². The van der Waals surface area contributed by atoms with E-state index in [4.69, 9.17) is 0 Å². The number of anilines is 2. The number of nitrogens with zero attached hydrogens (tertiary/aromatic N) is 2. The molecule has 3 aromatic rings. The lowest BCUT2D eigenvalue weighted by Gasteiger charge is -2.25. The molecule has 0 N–H and O–H groups in total. The summed E-state index contributed by atoms with van der Waals surface area (Å²) in [7, 11) is -1.03. The van der Waals surface area contributed by atoms with Crippen molar-refractivity contribution in [2.24, 2.45) is 0 Å². The van der Waals surface area contributed by atoms with Crippen LogP contribution in [0.25, 0.3) is 11.1 Å². The first-order valence-electron chi connectivity index (χ1n) is 9.36. The molecule has 0 amide bonds. The molecule has 3 aromatic carbocycles. The number of hydrogen-bond acceptors (Lipinski definition) is 4. The summed E-state index contributed by atoms with van der Waals surface area (Å²) in [5.41, 5.74) is 5.82. The van der Waals surface area contributed by atoms with E-state index in [1.165, 1.54) is 23.2 Å². The van der Waals surface area contributed by atoms with Crippen LogP contribution in [0.15, 0.2) is 77.7 Å². The highest BCUT2D eigenvalue weighted by Gasteiger charge is 2.19. The van der Waals surface area contributed by atoms with Gasteiger partial charge >= 0.3 is 0 Å². The molecule has 0 spiro atoms. The van der Waals surface area contributed by atoms with E-state index < -0.39 is 9.84 Å². The highest BCUT2D eigenvalue weighted by molar-refractivity contribution is 7.90. The van der Waals surface area contributed by atoms with E-state index in [0.717, 1.165) is 30.8 Å². The average Bonchev–Trinajstić information content (AvgIpc) is 2.85. The maximum atomic E-state index is 11.7. The molecule has 5 heteroatoms. The molecule has 0 unspecified atom stereocenters. The van der Waals surface area contributed by atoms with Crippen molar-refractivity contribution in [3.05, 3.63) is 78.4 Å². The van der Waals surface area contributed by atoms with Gasteiger partial charge in [0, 0.05) is 37.3 Å². The number of benzene rings is 3. The van der Waals surface area contributed by atoms with E-state index in [-0.39, 0.29) is 0 Å². The Kier molecular flexibility index (Phi) is 4.96. The predicted octanol–water partition coefficient (Wildman–Crippen LogP) is 4.34. The molecular weight excluding hydrogens is 368 g/mol. The summed E-state index contributed by atoms with van der Waals surface area (Å²) in [6, 6.07) is 24.1. The van der Waals surface area contributed by atoms with Gasteiger partial charge in [0.1, 0.15) is 0 Å². The van der Waals surface area contributed by atoms with Crippen molar-refractivity contribution in [3.8, 4) is 11.1 Å². The lowest BCUT2D eigenvalue weighted by Crippen LogP contribution is -2.26. The van der Waals surface area contributed by atoms with Gasteiger partial charge in [0.05, 0.1) is 4.90 Å². The predicted molar refractivity (Wildman–Crippen MR) is 115 cm³/mol. The van der Waals surface area contributed by atoms with Crippen molar-refractivity contribution >= 4 is 21.2 Å². The van der Waals surface area contributed by atoms with Crippen LogP contribution in [-0.2, 0) is 16.4 Å². The number of sulfone groups is 1. The first-order valence-corrected chi connectivity index (χ1v) is 11.3. The third kappa shape index (κ3) is 3.81. The highest BCUT2D eigenvalue weighted by atomic mass is 32.2. The molecule has 1 aliphatic rings. The standard InChI is InChI=1S/C23H24N2O2S/c1-24-14-15-25(21-6-4-3-5-7-21)23-13-10-19(16-20(23)17-24)18-8-11-22(12-9-18)28(2,26)27/h3-13,16H,14-15,17H2,1-2H3. The molecular formula is C23H24N2O2S. The lowest BCUT2D eigenvalue weighted by atomic mass is 10.0. The molecule has 0 aromatic heterocycles. The number of para-hydroxylation sites is 1. The monoisotopic (exact) mass is 392 g/mol. The molecule has 0 atom stereocenters. The zero-order chi connectivity index (χ0) is 19.7. The van der Waals surface area contributed by atoms with Gasteiger partial charge in [-0.3, -0.25) is 0 Å². The Morgan fingerprint density at radius 2 is 1.50 bits per heavy atom. The number of rotatable bonds is 3. The summed E-state index contributed by atoms with van der Waals surface area (Å²) >= 11 is 0. The third-order valence-electron chi connectivity index (χ3n) is 5.20. The van der Waals surface area contributed by atoms with E-state index >= 15 is 0 Å². The van der Waals surface area contributed by atoms with Crippen LogP contribution < -0.4 is 4.90 Å². The summed E-state index contributed by atoms with van der Waals surface area (Å²) in [5, 5.41) is 0. The van der Waals surface area contributed by atoms with Crippen LogP contribution in [0.3, 0.4) is 0 Å². The third-order valence-corrected chi connectivity index (χ3v) is 6.33. The van der Waals surface area contributed by atoms with Crippen molar-refractivity contribution in [3.63, 3.8) is 0 Å². The summed E-state index contributed by atoms with van der Waals surface area (Å²) in [6.07, 6.45) is 1.23. The van der Waals surface area contributed by atoms with Gasteiger partial charge in [-0.05, 0) is 60.1 Å². The van der Waals surface area contributed by atoms with Gasteiger partial charge in [0.2, 0.25) is 0 Å². The zero-order valence-corrected chi connectivity index (χ0v) is 17.0. The maximum Gasteiger partial charge on any atom is 0.175 e. The maximum absolute atomic E-state index is 11.7. The Balaban J connectivity index is 1.74. The van der Waals surface area contributed by atoms with Gasteiger partial charge in [-0.2, -0.15) is 0 Å². The molecule has 0 saturated heterocycles. The van der Waals surface area contributed by atoms with Gasteiger partial charge in [-0.1, -0.05) is 36.4 Å². The fourth-order valence-electron chi connectivity index (χ4n) is 3.69. The summed E-state index contributed by atoms with van der Waals surface area (Å²) in [4.78, 5) is 5.05. The van der Waals surface area contributed by atoms with Crippen LogP contribution in [0.5, 0.6) is 0 Å². The fraction of sp³-hybridized carbons (Fsp3) is 0.217. The second-order valence-corrected chi connectivity index (χ2v) is 9.38. The van der Waals surface area contributed by atoms with Crippen LogP contribution in [0, 0.1) is 0 Å². The topological polar surface area (TPSA) is 40.6 Å². The van der Waals surface area contributed by atoms with Crippen molar-refractivity contribution in [2.45, 2.75) is 11.4 Å². The molecule has 0 bridgehead atoms. The Bertz CT molecular complexity index is 1080. The Hall–Kier alpha value is -2.63. The molecule has 0 aliphatic carbocycles. The highest BCUT2D eigenvalue weighted by Crippen LogP contribution is 2.34. The molecule has 1 aliphatic heterocycles. The SMILES string of the molecule is CN1CCN(c2ccccc2)c2ccc(-c3ccc(S(C)(=O)=O)cc3)cc2C1. The molecule has 0 saturated carbocycles. The molecule has 4 rings (SSSR count). The normalized spacial score (nSPS) is 15.1. The summed E-state index contributed by atoms with van der Waals surface area (Å²) < 4.78 is 23.4. The Morgan fingerprint density at radius 1 is 0.821 bits per heavy atom. The van der Waals surface area contributed by atoms with E-state index in [0.29, 0.717) is 4.90 Å². The minimum atomic E-state index is -3.18. The van der Waals surface area contributed by atoms with Crippen LogP contribution in [0.4, 0.5) is 11.4 Å². The smallest absolute Gasteiger partial charge is 0.175 e. The van der Waals surface area contributed by atoms with Gasteiger partial charge in [0.15, 0.2) is 9.84 Å². The number of likely N-dealkylation sites (N-methyl/N-ethyl adjacent to an activating group) is 1. The minimum absolute atomic E-state index is 0.348. The van der Waals surface area contributed by atoms with Gasteiger partial charge in [0.25, 0.3) is 0 Å². The zero-order valence-electron chi connectivity index (χ0n) is 16.2. The Morgan fingerprint density at radius 3 is 2.18 bits per heavy atom. The lowest BCUT2D eigenvalue weighted by molar-refractivity contribution is 0.343. The fourth-order valence-corrected chi connectivity index (χ4v) is 4.32. The molecule has 0 radical (unpaired) electrons. The van der Waals surface area contributed by atoms with Crippen LogP contribution in [-0.4, -0.2) is 39.7 Å². The van der Waals surface area contributed by atoms with Crippen molar-refractivity contribution in [1.29, 1.82) is 0 Å². The molecule has 0 fully saturated rings. The second-order valence-electron chi connectivity index (χ2n) is 7.37. The van der Waals surface area contributed by atoms with Crippen molar-refractivity contribution in [2.75, 3.05) is 31.3 Å². The number of fused-ring (bicyclic) bond motifs is 1.